The Labute approximate surface area is 126 Å². The van der Waals surface area contributed by atoms with Crippen molar-refractivity contribution in [2.24, 2.45) is 7.05 Å². The Morgan fingerprint density at radius 3 is 2.50 bits per heavy atom. The molecule has 0 aliphatic rings. The zero-order valence-corrected chi connectivity index (χ0v) is 12.5. The summed E-state index contributed by atoms with van der Waals surface area (Å²) in [7, 11) is 1.81. The molecular formula is C14H15N7O. The molecule has 0 fully saturated rings. The Morgan fingerprint density at radius 2 is 1.95 bits per heavy atom. The second kappa shape index (κ2) is 5.40. The summed E-state index contributed by atoms with van der Waals surface area (Å²) in [6.07, 6.45) is 6.48. The number of nitrogens with one attached hydrogen (secondary N) is 1. The van der Waals surface area contributed by atoms with Crippen molar-refractivity contribution in [2.45, 2.75) is 13.8 Å². The molecule has 0 aromatic carbocycles. The Morgan fingerprint density at radius 1 is 1.23 bits per heavy atom. The van der Waals surface area contributed by atoms with Gasteiger partial charge in [0.15, 0.2) is 0 Å². The Balaban J connectivity index is 1.80. The number of nitrogens with zero attached hydrogens (tertiary/aromatic N) is 6. The van der Waals surface area contributed by atoms with Gasteiger partial charge in [-0.1, -0.05) is 0 Å². The minimum absolute atomic E-state index is 0.224. The number of hydrogen-bond acceptors (Lipinski definition) is 5. The lowest BCUT2D eigenvalue weighted by molar-refractivity contribution is 0.102. The van der Waals surface area contributed by atoms with Crippen molar-refractivity contribution >= 4 is 11.6 Å². The average molecular weight is 297 g/mol. The van der Waals surface area contributed by atoms with Crippen LogP contribution in [0.25, 0.3) is 5.95 Å². The first-order valence-electron chi connectivity index (χ1n) is 6.70. The van der Waals surface area contributed by atoms with Crippen LogP contribution in [0.2, 0.25) is 0 Å². The van der Waals surface area contributed by atoms with Crippen LogP contribution in [-0.2, 0) is 7.05 Å². The van der Waals surface area contributed by atoms with E-state index in [0.29, 0.717) is 22.9 Å². The van der Waals surface area contributed by atoms with Gasteiger partial charge in [-0.05, 0) is 19.9 Å². The number of anilines is 1. The molecule has 0 radical (unpaired) electrons. The summed E-state index contributed by atoms with van der Waals surface area (Å²) in [5.74, 6) is 0.218. The predicted molar refractivity (Wildman–Crippen MR) is 79.8 cm³/mol. The van der Waals surface area contributed by atoms with Gasteiger partial charge in [0.05, 0.1) is 29.3 Å². The Hall–Kier alpha value is -3.03. The van der Waals surface area contributed by atoms with E-state index in [4.69, 9.17) is 0 Å². The van der Waals surface area contributed by atoms with Gasteiger partial charge >= 0.3 is 0 Å². The quantitative estimate of drug-likeness (QED) is 0.786. The van der Waals surface area contributed by atoms with Crippen LogP contribution in [-0.4, -0.2) is 35.4 Å². The molecular weight excluding hydrogens is 282 g/mol. The summed E-state index contributed by atoms with van der Waals surface area (Å²) in [6, 6.07) is 1.78. The molecule has 0 aliphatic heterocycles. The van der Waals surface area contributed by atoms with Crippen molar-refractivity contribution in [3.63, 3.8) is 0 Å². The minimum Gasteiger partial charge on any atom is -0.319 e. The van der Waals surface area contributed by atoms with E-state index in [2.05, 4.69) is 25.5 Å². The number of carbonyl (C=O) groups excluding carboxylic acids is 1. The van der Waals surface area contributed by atoms with E-state index in [0.717, 1.165) is 5.69 Å². The Kier molecular flexibility index (Phi) is 3.42. The number of amides is 1. The molecule has 3 aromatic heterocycles. The molecule has 0 bridgehead atoms. The molecule has 0 saturated heterocycles. The normalized spacial score (nSPS) is 10.7. The van der Waals surface area contributed by atoms with Crippen LogP contribution in [0.4, 0.5) is 5.69 Å². The molecule has 1 N–H and O–H groups in total. The second-order valence-corrected chi connectivity index (χ2v) is 4.85. The predicted octanol–water partition coefficient (Wildman–Crippen LogP) is 1.26. The Bertz CT molecular complexity index is 803. The summed E-state index contributed by atoms with van der Waals surface area (Å²) in [5, 5.41) is 11.1. The fourth-order valence-corrected chi connectivity index (χ4v) is 2.19. The third-order valence-electron chi connectivity index (χ3n) is 3.34. The number of aromatic nitrogens is 6. The molecule has 3 aromatic rings. The molecule has 0 saturated carbocycles. The van der Waals surface area contributed by atoms with Crippen molar-refractivity contribution in [3.8, 4) is 5.95 Å². The molecule has 0 unspecified atom stereocenters. The van der Waals surface area contributed by atoms with Crippen molar-refractivity contribution in [2.75, 3.05) is 5.32 Å². The zero-order valence-electron chi connectivity index (χ0n) is 12.5. The van der Waals surface area contributed by atoms with Gasteiger partial charge < -0.3 is 5.32 Å². The van der Waals surface area contributed by atoms with E-state index in [1.165, 1.54) is 0 Å². The maximum absolute atomic E-state index is 12.3. The van der Waals surface area contributed by atoms with Crippen molar-refractivity contribution in [3.05, 3.63) is 47.8 Å². The zero-order chi connectivity index (χ0) is 15.7. The number of hydrogen-bond donors (Lipinski definition) is 1. The van der Waals surface area contributed by atoms with Gasteiger partial charge in [0.1, 0.15) is 0 Å². The molecule has 8 heteroatoms. The van der Waals surface area contributed by atoms with E-state index in [1.807, 2.05) is 6.92 Å². The molecule has 8 nitrogen and oxygen atoms in total. The van der Waals surface area contributed by atoms with Gasteiger partial charge in [-0.3, -0.25) is 9.48 Å². The number of rotatable bonds is 3. The lowest BCUT2D eigenvalue weighted by Gasteiger charge is -2.06. The van der Waals surface area contributed by atoms with Crippen LogP contribution in [0, 0.1) is 13.8 Å². The van der Waals surface area contributed by atoms with Crippen molar-refractivity contribution in [1.29, 1.82) is 0 Å². The third-order valence-corrected chi connectivity index (χ3v) is 3.34. The summed E-state index contributed by atoms with van der Waals surface area (Å²) < 4.78 is 3.22. The summed E-state index contributed by atoms with van der Waals surface area (Å²) in [4.78, 5) is 20.7. The minimum atomic E-state index is -0.224. The first kappa shape index (κ1) is 13.9. The summed E-state index contributed by atoms with van der Waals surface area (Å²) >= 11 is 0. The highest BCUT2D eigenvalue weighted by Crippen LogP contribution is 2.14. The van der Waals surface area contributed by atoms with Gasteiger partial charge in [-0.2, -0.15) is 10.2 Å². The van der Waals surface area contributed by atoms with Gasteiger partial charge in [0.25, 0.3) is 11.9 Å². The van der Waals surface area contributed by atoms with E-state index in [1.54, 1.807) is 54.2 Å². The first-order valence-corrected chi connectivity index (χ1v) is 6.70. The monoisotopic (exact) mass is 297 g/mol. The summed E-state index contributed by atoms with van der Waals surface area (Å²) in [6.45, 7) is 3.66. The highest BCUT2D eigenvalue weighted by Gasteiger charge is 2.17. The maximum Gasteiger partial charge on any atom is 0.259 e. The molecule has 0 spiro atoms. The highest BCUT2D eigenvalue weighted by atomic mass is 16.1. The molecule has 112 valence electrons. The number of aryl methyl sites for hydroxylation is 2. The highest BCUT2D eigenvalue weighted by molar-refractivity contribution is 6.05. The first-order chi connectivity index (χ1) is 10.6. The van der Waals surface area contributed by atoms with Gasteiger partial charge in [0.2, 0.25) is 0 Å². The topological polar surface area (TPSA) is 90.5 Å². The fraction of sp³-hybridized carbons (Fsp3) is 0.214. The van der Waals surface area contributed by atoms with Crippen LogP contribution in [0.1, 0.15) is 21.7 Å². The average Bonchev–Trinajstić information content (AvgIpc) is 3.09. The molecule has 0 atom stereocenters. The lowest BCUT2D eigenvalue weighted by atomic mass is 10.2. The van der Waals surface area contributed by atoms with E-state index < -0.39 is 0 Å². The number of carbonyl (C=O) groups is 1. The van der Waals surface area contributed by atoms with Crippen molar-refractivity contribution < 1.29 is 4.79 Å². The smallest absolute Gasteiger partial charge is 0.259 e. The van der Waals surface area contributed by atoms with Gasteiger partial charge in [0, 0.05) is 25.1 Å². The largest absolute Gasteiger partial charge is 0.319 e. The standard InChI is InChI=1S/C14H15N7O/c1-9-12(10(2)20(3)19-9)13(22)18-11-7-15-14(16-8-11)21-6-4-5-17-21/h4-8H,1-3H3,(H,18,22). The summed E-state index contributed by atoms with van der Waals surface area (Å²) in [5.41, 5.74) is 2.58. The SMILES string of the molecule is Cc1nn(C)c(C)c1C(=O)Nc1cnc(-n2cccn2)nc1. The van der Waals surface area contributed by atoms with E-state index in [-0.39, 0.29) is 5.91 Å². The van der Waals surface area contributed by atoms with Crippen molar-refractivity contribution in [1.82, 2.24) is 29.5 Å². The van der Waals surface area contributed by atoms with Crippen LogP contribution >= 0.6 is 0 Å². The molecule has 22 heavy (non-hydrogen) atoms. The third kappa shape index (κ3) is 2.46. The molecule has 3 heterocycles. The molecule has 1 amide bonds. The molecule has 0 aliphatic carbocycles. The van der Waals surface area contributed by atoms with Crippen LogP contribution < -0.4 is 5.32 Å². The van der Waals surface area contributed by atoms with E-state index in [9.17, 15) is 4.79 Å². The van der Waals surface area contributed by atoms with E-state index >= 15 is 0 Å². The van der Waals surface area contributed by atoms with Crippen LogP contribution in [0.3, 0.4) is 0 Å². The maximum atomic E-state index is 12.3. The van der Waals surface area contributed by atoms with Gasteiger partial charge in [-0.15, -0.1) is 0 Å². The van der Waals surface area contributed by atoms with Gasteiger partial charge in [-0.25, -0.2) is 14.6 Å². The van der Waals surface area contributed by atoms with Crippen LogP contribution in [0.15, 0.2) is 30.9 Å². The lowest BCUT2D eigenvalue weighted by Crippen LogP contribution is -2.15. The van der Waals surface area contributed by atoms with Crippen LogP contribution in [0.5, 0.6) is 0 Å². The molecule has 3 rings (SSSR count). The second-order valence-electron chi connectivity index (χ2n) is 4.85. The fourth-order valence-electron chi connectivity index (χ4n) is 2.19.